The van der Waals surface area contributed by atoms with Gasteiger partial charge in [-0.1, -0.05) is 30.3 Å². The summed E-state index contributed by atoms with van der Waals surface area (Å²) in [5.41, 5.74) is 4.08. The Morgan fingerprint density at radius 2 is 2.12 bits per heavy atom. The smallest absolute Gasteiger partial charge is 0.192 e. The number of hydrogen-bond acceptors (Lipinski definition) is 5. The molecule has 1 fully saturated rings. The van der Waals surface area contributed by atoms with Gasteiger partial charge in [-0.2, -0.15) is 0 Å². The molecule has 2 aromatic carbocycles. The minimum atomic E-state index is 0.328. The van der Waals surface area contributed by atoms with E-state index in [1.54, 1.807) is 7.11 Å². The maximum Gasteiger partial charge on any atom is 0.192 e. The van der Waals surface area contributed by atoms with Crippen LogP contribution in [0.3, 0.4) is 0 Å². The lowest BCUT2D eigenvalue weighted by Gasteiger charge is -2.34. The molecule has 1 aromatic heterocycles. The van der Waals surface area contributed by atoms with Gasteiger partial charge in [-0.3, -0.25) is 0 Å². The van der Waals surface area contributed by atoms with Crippen molar-refractivity contribution in [3.8, 4) is 5.75 Å². The average Bonchev–Trinajstić information content (AvgIpc) is 3.05. The van der Waals surface area contributed by atoms with Gasteiger partial charge in [0.05, 0.1) is 7.11 Å². The molecule has 0 amide bonds. The SMILES string of the molecule is COc1cc2oc(C)nc2cc1CNC1CCCNC1c1ccccc1. The molecular weight excluding hydrogens is 326 g/mol. The first kappa shape index (κ1) is 17.1. The molecule has 1 saturated heterocycles. The second-order valence-electron chi connectivity index (χ2n) is 6.84. The Labute approximate surface area is 153 Å². The van der Waals surface area contributed by atoms with Crippen LogP contribution < -0.4 is 15.4 Å². The van der Waals surface area contributed by atoms with Crippen molar-refractivity contribution in [2.75, 3.05) is 13.7 Å². The Kier molecular flexibility index (Phi) is 4.91. The molecule has 0 radical (unpaired) electrons. The number of nitrogens with zero attached hydrogens (tertiary/aromatic N) is 1. The standard InChI is InChI=1S/C21H25N3O2/c1-14-24-18-11-16(19(25-2)12-20(18)26-14)13-23-17-9-6-10-22-21(17)15-7-4-3-5-8-15/h3-5,7-8,11-12,17,21-23H,6,9-10,13H2,1-2H3. The van der Waals surface area contributed by atoms with Crippen molar-refractivity contribution in [1.82, 2.24) is 15.6 Å². The quantitative estimate of drug-likeness (QED) is 0.733. The van der Waals surface area contributed by atoms with Crippen molar-refractivity contribution in [1.29, 1.82) is 0 Å². The number of benzene rings is 2. The van der Waals surface area contributed by atoms with Gasteiger partial charge in [0.1, 0.15) is 11.3 Å². The van der Waals surface area contributed by atoms with Gasteiger partial charge in [0.2, 0.25) is 0 Å². The van der Waals surface area contributed by atoms with E-state index in [1.807, 2.05) is 13.0 Å². The van der Waals surface area contributed by atoms with E-state index in [0.29, 0.717) is 18.0 Å². The molecule has 0 saturated carbocycles. The predicted octanol–water partition coefficient (Wildman–Crippen LogP) is 3.73. The number of hydrogen-bond donors (Lipinski definition) is 2. The highest BCUT2D eigenvalue weighted by molar-refractivity contribution is 5.76. The highest BCUT2D eigenvalue weighted by Gasteiger charge is 2.25. The molecular formula is C21H25N3O2. The van der Waals surface area contributed by atoms with Crippen LogP contribution in [-0.2, 0) is 6.54 Å². The minimum Gasteiger partial charge on any atom is -0.496 e. The zero-order valence-corrected chi connectivity index (χ0v) is 15.3. The number of rotatable bonds is 5. The van der Waals surface area contributed by atoms with E-state index in [0.717, 1.165) is 41.9 Å². The van der Waals surface area contributed by atoms with E-state index >= 15 is 0 Å². The van der Waals surface area contributed by atoms with E-state index < -0.39 is 0 Å². The number of aryl methyl sites for hydroxylation is 1. The van der Waals surface area contributed by atoms with Crippen molar-refractivity contribution in [3.63, 3.8) is 0 Å². The second kappa shape index (κ2) is 7.48. The maximum atomic E-state index is 5.61. The highest BCUT2D eigenvalue weighted by Crippen LogP contribution is 2.28. The predicted molar refractivity (Wildman–Crippen MR) is 102 cm³/mol. The molecule has 2 heterocycles. The number of aromatic nitrogens is 1. The molecule has 3 aromatic rings. The van der Waals surface area contributed by atoms with Crippen LogP contribution in [0.5, 0.6) is 5.75 Å². The van der Waals surface area contributed by atoms with Gasteiger partial charge < -0.3 is 19.8 Å². The summed E-state index contributed by atoms with van der Waals surface area (Å²) in [5, 5.41) is 7.39. The number of fused-ring (bicyclic) bond motifs is 1. The fraction of sp³-hybridized carbons (Fsp3) is 0.381. The molecule has 5 heteroatoms. The van der Waals surface area contributed by atoms with Gasteiger partial charge in [-0.05, 0) is 31.0 Å². The van der Waals surface area contributed by atoms with Crippen LogP contribution >= 0.6 is 0 Å². The van der Waals surface area contributed by atoms with Crippen molar-refractivity contribution < 1.29 is 9.15 Å². The van der Waals surface area contributed by atoms with E-state index in [4.69, 9.17) is 9.15 Å². The van der Waals surface area contributed by atoms with Gasteiger partial charge in [0, 0.05) is 37.2 Å². The number of methoxy groups -OCH3 is 1. The summed E-state index contributed by atoms with van der Waals surface area (Å²) in [6, 6.07) is 15.4. The van der Waals surface area contributed by atoms with Crippen LogP contribution in [0.15, 0.2) is 46.9 Å². The van der Waals surface area contributed by atoms with Crippen LogP contribution in [0, 0.1) is 6.92 Å². The molecule has 26 heavy (non-hydrogen) atoms. The van der Waals surface area contributed by atoms with E-state index in [9.17, 15) is 0 Å². The lowest BCUT2D eigenvalue weighted by molar-refractivity contribution is 0.303. The summed E-state index contributed by atoms with van der Waals surface area (Å²) < 4.78 is 11.2. The molecule has 2 atom stereocenters. The number of piperidine rings is 1. The summed E-state index contributed by atoms with van der Waals surface area (Å²) in [5.74, 6) is 1.51. The van der Waals surface area contributed by atoms with Crippen molar-refractivity contribution in [2.45, 2.75) is 38.4 Å². The molecule has 2 N–H and O–H groups in total. The molecule has 4 rings (SSSR count). The van der Waals surface area contributed by atoms with E-state index in [1.165, 1.54) is 12.0 Å². The largest absolute Gasteiger partial charge is 0.496 e. The fourth-order valence-corrected chi connectivity index (χ4v) is 3.80. The average molecular weight is 351 g/mol. The Morgan fingerprint density at radius 1 is 1.27 bits per heavy atom. The molecule has 2 unspecified atom stereocenters. The number of ether oxygens (including phenoxy) is 1. The van der Waals surface area contributed by atoms with Gasteiger partial charge in [-0.15, -0.1) is 0 Å². The third kappa shape index (κ3) is 3.45. The van der Waals surface area contributed by atoms with Crippen LogP contribution in [0.1, 0.15) is 35.9 Å². The van der Waals surface area contributed by atoms with Crippen LogP contribution in [0.4, 0.5) is 0 Å². The molecule has 0 aliphatic carbocycles. The number of nitrogens with one attached hydrogen (secondary N) is 2. The summed E-state index contributed by atoms with van der Waals surface area (Å²) in [6.45, 7) is 3.66. The third-order valence-corrected chi connectivity index (χ3v) is 5.07. The van der Waals surface area contributed by atoms with E-state index in [-0.39, 0.29) is 0 Å². The minimum absolute atomic E-state index is 0.328. The first-order valence-electron chi connectivity index (χ1n) is 9.20. The third-order valence-electron chi connectivity index (χ3n) is 5.07. The Hall–Kier alpha value is -2.37. The lowest BCUT2D eigenvalue weighted by atomic mass is 9.92. The van der Waals surface area contributed by atoms with Gasteiger partial charge in [0.15, 0.2) is 11.5 Å². The molecule has 0 bridgehead atoms. The first-order chi connectivity index (χ1) is 12.7. The first-order valence-corrected chi connectivity index (χ1v) is 9.20. The Morgan fingerprint density at radius 3 is 2.92 bits per heavy atom. The van der Waals surface area contributed by atoms with Crippen molar-refractivity contribution >= 4 is 11.1 Å². The van der Waals surface area contributed by atoms with Gasteiger partial charge >= 0.3 is 0 Å². The monoisotopic (exact) mass is 351 g/mol. The second-order valence-corrected chi connectivity index (χ2v) is 6.84. The van der Waals surface area contributed by atoms with E-state index in [2.05, 4.69) is 52.0 Å². The van der Waals surface area contributed by atoms with Crippen molar-refractivity contribution in [3.05, 3.63) is 59.5 Å². The number of oxazole rings is 1. The summed E-state index contributed by atoms with van der Waals surface area (Å²) in [6.07, 6.45) is 2.33. The Bertz CT molecular complexity index is 876. The zero-order valence-electron chi connectivity index (χ0n) is 15.3. The summed E-state index contributed by atoms with van der Waals surface area (Å²) in [7, 11) is 1.70. The fourth-order valence-electron chi connectivity index (χ4n) is 3.80. The lowest BCUT2D eigenvalue weighted by Crippen LogP contribution is -2.45. The molecule has 136 valence electrons. The van der Waals surface area contributed by atoms with Crippen LogP contribution in [0.25, 0.3) is 11.1 Å². The van der Waals surface area contributed by atoms with Crippen molar-refractivity contribution in [2.24, 2.45) is 0 Å². The van der Waals surface area contributed by atoms with Crippen LogP contribution in [-0.4, -0.2) is 24.7 Å². The highest BCUT2D eigenvalue weighted by atomic mass is 16.5. The molecule has 5 nitrogen and oxygen atoms in total. The summed E-state index contributed by atoms with van der Waals surface area (Å²) >= 11 is 0. The van der Waals surface area contributed by atoms with Gasteiger partial charge in [0.25, 0.3) is 0 Å². The molecule has 1 aliphatic rings. The normalized spacial score (nSPS) is 20.4. The Balaban J connectivity index is 1.54. The topological polar surface area (TPSA) is 59.3 Å². The van der Waals surface area contributed by atoms with Crippen LogP contribution in [0.2, 0.25) is 0 Å². The summed E-state index contributed by atoms with van der Waals surface area (Å²) in [4.78, 5) is 4.44. The van der Waals surface area contributed by atoms with Gasteiger partial charge in [-0.25, -0.2) is 4.98 Å². The zero-order chi connectivity index (χ0) is 17.9. The molecule has 0 spiro atoms. The maximum absolute atomic E-state index is 5.61. The molecule has 1 aliphatic heterocycles.